The van der Waals surface area contributed by atoms with Crippen LogP contribution in [-0.2, 0) is 4.74 Å². The highest BCUT2D eigenvalue weighted by Crippen LogP contribution is 2.13. The summed E-state index contributed by atoms with van der Waals surface area (Å²) in [5.74, 6) is 0. The SMILES string of the molecule is CC(C)(C)OC(=O)N1C=CC(O)C1. The van der Waals surface area contributed by atoms with Crippen molar-refractivity contribution < 1.29 is 14.6 Å². The molecule has 1 aliphatic rings. The summed E-state index contributed by atoms with van der Waals surface area (Å²) in [5.41, 5.74) is -0.488. The monoisotopic (exact) mass is 185 g/mol. The van der Waals surface area contributed by atoms with Crippen LogP contribution in [0.1, 0.15) is 20.8 Å². The van der Waals surface area contributed by atoms with Gasteiger partial charge in [0.05, 0.1) is 12.6 Å². The Hall–Kier alpha value is -1.03. The largest absolute Gasteiger partial charge is 0.443 e. The predicted molar refractivity (Wildman–Crippen MR) is 48.1 cm³/mol. The number of aliphatic hydroxyl groups is 1. The minimum Gasteiger partial charge on any atom is -0.443 e. The number of rotatable bonds is 0. The Morgan fingerprint density at radius 2 is 2.23 bits per heavy atom. The molecule has 4 heteroatoms. The van der Waals surface area contributed by atoms with E-state index in [4.69, 9.17) is 9.84 Å². The molecule has 4 nitrogen and oxygen atoms in total. The van der Waals surface area contributed by atoms with Gasteiger partial charge in [0, 0.05) is 6.20 Å². The molecule has 1 unspecified atom stereocenters. The number of carbonyl (C=O) groups excluding carboxylic acids is 1. The van der Waals surface area contributed by atoms with Gasteiger partial charge in [-0.3, -0.25) is 4.90 Å². The molecule has 0 bridgehead atoms. The van der Waals surface area contributed by atoms with Crippen molar-refractivity contribution in [2.75, 3.05) is 6.54 Å². The summed E-state index contributed by atoms with van der Waals surface area (Å²) >= 11 is 0. The molecule has 0 aromatic heterocycles. The number of β-amino-alcohol motifs (C(OH)–C–C–N with tert-alkyl or cyclic N) is 1. The second-order valence-corrected chi connectivity index (χ2v) is 4.04. The maximum Gasteiger partial charge on any atom is 0.414 e. The fourth-order valence-corrected chi connectivity index (χ4v) is 0.982. The van der Waals surface area contributed by atoms with Crippen molar-refractivity contribution in [2.24, 2.45) is 0 Å². The summed E-state index contributed by atoms with van der Waals surface area (Å²) in [7, 11) is 0. The van der Waals surface area contributed by atoms with Gasteiger partial charge in [0.15, 0.2) is 0 Å². The zero-order valence-corrected chi connectivity index (χ0v) is 8.15. The topological polar surface area (TPSA) is 49.8 Å². The molecule has 0 radical (unpaired) electrons. The third kappa shape index (κ3) is 3.06. The van der Waals surface area contributed by atoms with Crippen LogP contribution in [-0.4, -0.2) is 34.3 Å². The summed E-state index contributed by atoms with van der Waals surface area (Å²) in [6.45, 7) is 5.71. The standard InChI is InChI=1S/C9H15NO3/c1-9(2,3)13-8(12)10-5-4-7(11)6-10/h4-5,7,11H,6H2,1-3H3. The van der Waals surface area contributed by atoms with Gasteiger partial charge >= 0.3 is 6.09 Å². The van der Waals surface area contributed by atoms with Crippen LogP contribution in [0.2, 0.25) is 0 Å². The van der Waals surface area contributed by atoms with Crippen LogP contribution in [0, 0.1) is 0 Å². The van der Waals surface area contributed by atoms with Gasteiger partial charge < -0.3 is 9.84 Å². The van der Waals surface area contributed by atoms with Gasteiger partial charge in [-0.1, -0.05) is 0 Å². The van der Waals surface area contributed by atoms with Crippen LogP contribution >= 0.6 is 0 Å². The van der Waals surface area contributed by atoms with E-state index < -0.39 is 17.8 Å². The van der Waals surface area contributed by atoms with Crippen LogP contribution in [0.3, 0.4) is 0 Å². The predicted octanol–water partition coefficient (Wildman–Crippen LogP) is 1.11. The molecule has 1 heterocycles. The third-order valence-corrected chi connectivity index (χ3v) is 1.50. The summed E-state index contributed by atoms with van der Waals surface area (Å²) in [4.78, 5) is 12.7. The first-order chi connectivity index (χ1) is 5.88. The van der Waals surface area contributed by atoms with E-state index in [1.165, 1.54) is 4.90 Å². The van der Waals surface area contributed by atoms with E-state index >= 15 is 0 Å². The molecule has 1 amide bonds. The maximum atomic E-state index is 11.3. The van der Waals surface area contributed by atoms with Gasteiger partial charge in [-0.05, 0) is 26.8 Å². The average Bonchev–Trinajstić information content (AvgIpc) is 2.31. The van der Waals surface area contributed by atoms with Crippen molar-refractivity contribution in [3.05, 3.63) is 12.3 Å². The van der Waals surface area contributed by atoms with E-state index in [1.54, 1.807) is 33.0 Å². The highest BCUT2D eigenvalue weighted by atomic mass is 16.6. The number of ether oxygens (including phenoxy) is 1. The smallest absolute Gasteiger partial charge is 0.414 e. The van der Waals surface area contributed by atoms with E-state index in [-0.39, 0.29) is 6.54 Å². The molecule has 0 aromatic rings. The number of aliphatic hydroxyl groups excluding tert-OH is 1. The van der Waals surface area contributed by atoms with Gasteiger partial charge in [-0.15, -0.1) is 0 Å². The third-order valence-electron chi connectivity index (χ3n) is 1.50. The molecule has 1 rings (SSSR count). The molecule has 13 heavy (non-hydrogen) atoms. The molecular weight excluding hydrogens is 170 g/mol. The van der Waals surface area contributed by atoms with Gasteiger partial charge in [0.2, 0.25) is 0 Å². The summed E-state index contributed by atoms with van der Waals surface area (Å²) in [5, 5.41) is 9.11. The lowest BCUT2D eigenvalue weighted by Gasteiger charge is -2.23. The molecule has 1 aliphatic heterocycles. The lowest BCUT2D eigenvalue weighted by atomic mass is 10.2. The number of amides is 1. The first-order valence-electron chi connectivity index (χ1n) is 4.24. The zero-order valence-electron chi connectivity index (χ0n) is 8.15. The normalized spacial score (nSPS) is 22.2. The molecule has 1 N–H and O–H groups in total. The molecule has 74 valence electrons. The Morgan fingerprint density at radius 3 is 2.62 bits per heavy atom. The minimum absolute atomic E-state index is 0.287. The van der Waals surface area contributed by atoms with E-state index in [2.05, 4.69) is 0 Å². The number of nitrogens with zero attached hydrogens (tertiary/aromatic N) is 1. The molecule has 0 fully saturated rings. The number of hydrogen-bond donors (Lipinski definition) is 1. The van der Waals surface area contributed by atoms with Crippen LogP contribution in [0.5, 0.6) is 0 Å². The van der Waals surface area contributed by atoms with Gasteiger partial charge in [0.25, 0.3) is 0 Å². The molecule has 1 atom stereocenters. The second kappa shape index (κ2) is 3.38. The van der Waals surface area contributed by atoms with E-state index in [0.717, 1.165) is 0 Å². The lowest BCUT2D eigenvalue weighted by molar-refractivity contribution is 0.0312. The Bertz CT molecular complexity index is 230. The average molecular weight is 185 g/mol. The van der Waals surface area contributed by atoms with E-state index in [1.807, 2.05) is 0 Å². The fraction of sp³-hybridized carbons (Fsp3) is 0.667. The molecule has 0 aliphatic carbocycles. The van der Waals surface area contributed by atoms with Crippen molar-refractivity contribution >= 4 is 6.09 Å². The van der Waals surface area contributed by atoms with Crippen LogP contribution in [0.15, 0.2) is 12.3 Å². The van der Waals surface area contributed by atoms with E-state index in [9.17, 15) is 4.79 Å². The molecule has 0 saturated carbocycles. The quantitative estimate of drug-likeness (QED) is 0.615. The minimum atomic E-state index is -0.562. The highest BCUT2D eigenvalue weighted by molar-refractivity contribution is 5.70. The van der Waals surface area contributed by atoms with Crippen molar-refractivity contribution in [1.29, 1.82) is 0 Å². The molecule has 0 aromatic carbocycles. The van der Waals surface area contributed by atoms with Crippen LogP contribution in [0.4, 0.5) is 4.79 Å². The summed E-state index contributed by atoms with van der Waals surface area (Å²) in [6, 6.07) is 0. The molecular formula is C9H15NO3. The van der Waals surface area contributed by atoms with Crippen molar-refractivity contribution in [3.8, 4) is 0 Å². The first kappa shape index (κ1) is 10.1. The molecule has 0 spiro atoms. The Morgan fingerprint density at radius 1 is 1.62 bits per heavy atom. The van der Waals surface area contributed by atoms with Gasteiger partial charge in [0.1, 0.15) is 5.60 Å². The lowest BCUT2D eigenvalue weighted by Crippen LogP contribution is -2.34. The second-order valence-electron chi connectivity index (χ2n) is 4.04. The summed E-state index contributed by atoms with van der Waals surface area (Å²) < 4.78 is 5.09. The van der Waals surface area contributed by atoms with Crippen molar-refractivity contribution in [3.63, 3.8) is 0 Å². The highest BCUT2D eigenvalue weighted by Gasteiger charge is 2.24. The Kier molecular flexibility index (Phi) is 2.61. The Labute approximate surface area is 77.8 Å². The van der Waals surface area contributed by atoms with Gasteiger partial charge in [-0.25, -0.2) is 4.79 Å². The van der Waals surface area contributed by atoms with E-state index in [0.29, 0.717) is 0 Å². The Balaban J connectivity index is 2.46. The van der Waals surface area contributed by atoms with Crippen molar-refractivity contribution in [2.45, 2.75) is 32.5 Å². The zero-order chi connectivity index (χ0) is 10.1. The van der Waals surface area contributed by atoms with Crippen LogP contribution in [0.25, 0.3) is 0 Å². The molecule has 0 saturated heterocycles. The number of carbonyl (C=O) groups is 1. The van der Waals surface area contributed by atoms with Gasteiger partial charge in [-0.2, -0.15) is 0 Å². The summed E-state index contributed by atoms with van der Waals surface area (Å²) in [6.07, 6.45) is 2.12. The fourth-order valence-electron chi connectivity index (χ4n) is 0.982. The van der Waals surface area contributed by atoms with Crippen LogP contribution < -0.4 is 0 Å². The maximum absolute atomic E-state index is 11.3. The van der Waals surface area contributed by atoms with Crippen molar-refractivity contribution in [1.82, 2.24) is 4.90 Å². The first-order valence-corrected chi connectivity index (χ1v) is 4.24. The number of hydrogen-bond acceptors (Lipinski definition) is 3.